The minimum absolute atomic E-state index is 0.255. The van der Waals surface area contributed by atoms with Crippen LogP contribution in [-0.4, -0.2) is 46.2 Å². The maximum Gasteiger partial charge on any atom is 0.200 e. The molecule has 1 aromatic carbocycles. The Hall–Kier alpha value is -2.67. The summed E-state index contributed by atoms with van der Waals surface area (Å²) in [5.41, 5.74) is 3.47. The molecule has 1 saturated heterocycles. The summed E-state index contributed by atoms with van der Waals surface area (Å²) in [6.45, 7) is 1.61. The quantitative estimate of drug-likeness (QED) is 0.776. The topological polar surface area (TPSA) is 73.6 Å². The maximum atomic E-state index is 5.67. The number of nitrogens with zero attached hydrogens (tertiary/aromatic N) is 4. The van der Waals surface area contributed by atoms with E-state index in [1.807, 2.05) is 30.3 Å². The highest BCUT2D eigenvalue weighted by atomic mass is 16.5. The van der Waals surface area contributed by atoms with Gasteiger partial charge in [0.25, 0.3) is 0 Å². The highest BCUT2D eigenvalue weighted by Gasteiger charge is 2.16. The SMILES string of the molecule is COc1ccc(-c2cc(NCC3CCCO3)c3nncn3n2)cc1. The van der Waals surface area contributed by atoms with Gasteiger partial charge < -0.3 is 14.8 Å². The van der Waals surface area contributed by atoms with E-state index in [0.717, 1.165) is 48.7 Å². The van der Waals surface area contributed by atoms with E-state index < -0.39 is 0 Å². The van der Waals surface area contributed by atoms with Crippen LogP contribution >= 0.6 is 0 Å². The lowest BCUT2D eigenvalue weighted by Gasteiger charge is -2.13. The number of hydrogen-bond acceptors (Lipinski definition) is 6. The summed E-state index contributed by atoms with van der Waals surface area (Å²) in [4.78, 5) is 0. The Morgan fingerprint density at radius 1 is 1.33 bits per heavy atom. The summed E-state index contributed by atoms with van der Waals surface area (Å²) >= 11 is 0. The van der Waals surface area contributed by atoms with Crippen molar-refractivity contribution in [1.29, 1.82) is 0 Å². The molecule has 1 aliphatic rings. The lowest BCUT2D eigenvalue weighted by atomic mass is 10.1. The highest BCUT2D eigenvalue weighted by Crippen LogP contribution is 2.25. The van der Waals surface area contributed by atoms with Gasteiger partial charge in [-0.05, 0) is 43.2 Å². The van der Waals surface area contributed by atoms with E-state index in [2.05, 4.69) is 20.6 Å². The van der Waals surface area contributed by atoms with Crippen LogP contribution in [0.25, 0.3) is 16.9 Å². The molecule has 0 aliphatic carbocycles. The molecule has 124 valence electrons. The fourth-order valence-electron chi connectivity index (χ4n) is 2.89. The predicted octanol–water partition coefficient (Wildman–Crippen LogP) is 2.39. The second kappa shape index (κ2) is 6.45. The maximum absolute atomic E-state index is 5.67. The second-order valence-electron chi connectivity index (χ2n) is 5.79. The zero-order valence-corrected chi connectivity index (χ0v) is 13.5. The molecule has 1 N–H and O–H groups in total. The van der Waals surface area contributed by atoms with Crippen LogP contribution in [0.2, 0.25) is 0 Å². The molecule has 0 bridgehead atoms. The van der Waals surface area contributed by atoms with Gasteiger partial charge in [0.05, 0.1) is 24.6 Å². The van der Waals surface area contributed by atoms with E-state index in [1.165, 1.54) is 0 Å². The van der Waals surface area contributed by atoms with Gasteiger partial charge in [0.2, 0.25) is 5.65 Å². The van der Waals surface area contributed by atoms with Crippen LogP contribution in [0.4, 0.5) is 5.69 Å². The highest BCUT2D eigenvalue weighted by molar-refractivity contribution is 5.73. The molecule has 4 rings (SSSR count). The molecule has 7 heteroatoms. The van der Waals surface area contributed by atoms with Crippen molar-refractivity contribution in [3.05, 3.63) is 36.7 Å². The normalized spacial score (nSPS) is 17.3. The Morgan fingerprint density at radius 2 is 2.21 bits per heavy atom. The molecule has 0 spiro atoms. The van der Waals surface area contributed by atoms with E-state index in [9.17, 15) is 0 Å². The number of methoxy groups -OCH3 is 1. The van der Waals surface area contributed by atoms with Crippen molar-refractivity contribution >= 4 is 11.3 Å². The number of aromatic nitrogens is 4. The fraction of sp³-hybridized carbons (Fsp3) is 0.353. The minimum Gasteiger partial charge on any atom is -0.497 e. The van der Waals surface area contributed by atoms with E-state index in [0.29, 0.717) is 5.65 Å². The molecular weight excluding hydrogens is 306 g/mol. The summed E-state index contributed by atoms with van der Waals surface area (Å²) in [5, 5.41) is 16.1. The minimum atomic E-state index is 0.255. The van der Waals surface area contributed by atoms with Crippen LogP contribution < -0.4 is 10.1 Å². The molecular formula is C17H19N5O2. The number of rotatable bonds is 5. The summed E-state index contributed by atoms with van der Waals surface area (Å²) in [6.07, 6.45) is 4.08. The summed E-state index contributed by atoms with van der Waals surface area (Å²) in [5.74, 6) is 0.820. The third-order valence-corrected chi connectivity index (χ3v) is 4.20. The van der Waals surface area contributed by atoms with Crippen molar-refractivity contribution in [1.82, 2.24) is 19.8 Å². The van der Waals surface area contributed by atoms with Gasteiger partial charge in [-0.1, -0.05) is 0 Å². The molecule has 0 amide bonds. The third-order valence-electron chi connectivity index (χ3n) is 4.20. The first kappa shape index (κ1) is 14.9. The van der Waals surface area contributed by atoms with Crippen LogP contribution in [0.1, 0.15) is 12.8 Å². The lowest BCUT2D eigenvalue weighted by molar-refractivity contribution is 0.120. The summed E-state index contributed by atoms with van der Waals surface area (Å²) < 4.78 is 12.6. The number of ether oxygens (including phenoxy) is 2. The number of hydrogen-bond donors (Lipinski definition) is 1. The molecule has 7 nitrogen and oxygen atoms in total. The molecule has 3 aromatic rings. The molecule has 0 saturated carbocycles. The summed E-state index contributed by atoms with van der Waals surface area (Å²) in [7, 11) is 1.66. The Kier molecular flexibility index (Phi) is 4.00. The van der Waals surface area contributed by atoms with Gasteiger partial charge in [-0.2, -0.15) is 9.61 Å². The van der Waals surface area contributed by atoms with E-state index >= 15 is 0 Å². The molecule has 0 radical (unpaired) electrons. The number of nitrogens with one attached hydrogen (secondary N) is 1. The molecule has 1 aliphatic heterocycles. The fourth-order valence-corrected chi connectivity index (χ4v) is 2.89. The van der Waals surface area contributed by atoms with E-state index in [-0.39, 0.29) is 6.10 Å². The standard InChI is InChI=1S/C17H19N5O2/c1-23-13-6-4-12(5-7-13)15-9-16(17-20-19-11-22(17)21-15)18-10-14-3-2-8-24-14/h4-7,9,11,14,18H,2-3,8,10H2,1H3. The molecule has 1 fully saturated rings. The van der Waals surface area contributed by atoms with Crippen molar-refractivity contribution in [2.45, 2.75) is 18.9 Å². The van der Waals surface area contributed by atoms with Crippen LogP contribution in [0.5, 0.6) is 5.75 Å². The van der Waals surface area contributed by atoms with Crippen LogP contribution in [0, 0.1) is 0 Å². The Morgan fingerprint density at radius 3 is 2.96 bits per heavy atom. The number of anilines is 1. The van der Waals surface area contributed by atoms with Gasteiger partial charge in [0.15, 0.2) is 0 Å². The van der Waals surface area contributed by atoms with Crippen LogP contribution in [0.3, 0.4) is 0 Å². The second-order valence-corrected chi connectivity index (χ2v) is 5.79. The van der Waals surface area contributed by atoms with Gasteiger partial charge in [0, 0.05) is 18.7 Å². The van der Waals surface area contributed by atoms with Gasteiger partial charge in [-0.25, -0.2) is 0 Å². The largest absolute Gasteiger partial charge is 0.497 e. The molecule has 3 heterocycles. The van der Waals surface area contributed by atoms with Gasteiger partial charge >= 0.3 is 0 Å². The van der Waals surface area contributed by atoms with Crippen molar-refractivity contribution in [2.75, 3.05) is 25.6 Å². The Labute approximate surface area is 139 Å². The average Bonchev–Trinajstić information content (AvgIpc) is 3.31. The first-order chi connectivity index (χ1) is 11.8. The third kappa shape index (κ3) is 2.90. The van der Waals surface area contributed by atoms with Gasteiger partial charge in [0.1, 0.15) is 12.1 Å². The summed E-state index contributed by atoms with van der Waals surface area (Å²) in [6, 6.07) is 9.82. The first-order valence-corrected chi connectivity index (χ1v) is 8.04. The molecule has 1 unspecified atom stereocenters. The lowest BCUT2D eigenvalue weighted by Crippen LogP contribution is -2.19. The number of benzene rings is 1. The molecule has 2 aromatic heterocycles. The van der Waals surface area contributed by atoms with E-state index in [4.69, 9.17) is 9.47 Å². The van der Waals surface area contributed by atoms with Crippen molar-refractivity contribution in [3.63, 3.8) is 0 Å². The zero-order valence-electron chi connectivity index (χ0n) is 13.5. The van der Waals surface area contributed by atoms with Crippen molar-refractivity contribution in [3.8, 4) is 17.0 Å². The average molecular weight is 325 g/mol. The first-order valence-electron chi connectivity index (χ1n) is 8.04. The number of fused-ring (bicyclic) bond motifs is 1. The predicted molar refractivity (Wildman–Crippen MR) is 90.2 cm³/mol. The smallest absolute Gasteiger partial charge is 0.200 e. The Balaban J connectivity index is 1.65. The molecule has 1 atom stereocenters. The van der Waals surface area contributed by atoms with Crippen LogP contribution in [-0.2, 0) is 4.74 Å². The monoisotopic (exact) mass is 325 g/mol. The van der Waals surface area contributed by atoms with Gasteiger partial charge in [-0.3, -0.25) is 0 Å². The van der Waals surface area contributed by atoms with Crippen molar-refractivity contribution in [2.24, 2.45) is 0 Å². The van der Waals surface area contributed by atoms with Crippen molar-refractivity contribution < 1.29 is 9.47 Å². The van der Waals surface area contributed by atoms with E-state index in [1.54, 1.807) is 18.0 Å². The zero-order chi connectivity index (χ0) is 16.4. The van der Waals surface area contributed by atoms with Crippen LogP contribution in [0.15, 0.2) is 36.7 Å². The van der Waals surface area contributed by atoms with Gasteiger partial charge in [-0.15, -0.1) is 10.2 Å². The molecule has 24 heavy (non-hydrogen) atoms. The Bertz CT molecular complexity index is 825.